The smallest absolute Gasteiger partial charge is 0.124 e. The molecular formula is C70H98N4O2. The van der Waals surface area contributed by atoms with E-state index in [1.165, 1.54) is 61.6 Å². The minimum Gasteiger partial charge on any atom is -0.507 e. The number of unbranched alkanes of at least 4 members (excludes halogenated alkanes) is 5. The molecule has 0 aliphatic heterocycles. The first-order chi connectivity index (χ1) is 35.7. The fraction of sp³-hybridized carbons (Fsp3) is 0.486. The van der Waals surface area contributed by atoms with Crippen molar-refractivity contribution in [3.05, 3.63) is 166 Å². The topological polar surface area (TPSA) is 88.6 Å². The summed E-state index contributed by atoms with van der Waals surface area (Å²) >= 11 is 0. The largest absolute Gasteiger partial charge is 0.507 e. The number of benzene rings is 6. The van der Waals surface area contributed by atoms with E-state index in [0.717, 1.165) is 87.6 Å². The van der Waals surface area contributed by atoms with E-state index < -0.39 is 0 Å². The van der Waals surface area contributed by atoms with Crippen molar-refractivity contribution in [3.63, 3.8) is 0 Å². The van der Waals surface area contributed by atoms with Crippen LogP contribution in [0.5, 0.6) is 11.5 Å². The first kappa shape index (κ1) is 59.4. The Kier molecular flexibility index (Phi) is 19.9. The van der Waals surface area contributed by atoms with Crippen LogP contribution in [0.25, 0.3) is 0 Å². The van der Waals surface area contributed by atoms with Crippen molar-refractivity contribution >= 4 is 34.1 Å². The van der Waals surface area contributed by atoms with Crippen molar-refractivity contribution in [2.24, 2.45) is 11.3 Å². The molecule has 0 saturated carbocycles. The SMILES string of the molecule is CCCCCCCCc1ccc(Nc2ccc(NCc3cc(C(C)(C)C)c(O)c(C(C)(C)CCC(C)(C)c4cc(C(C)(C)C)cc(CNc5ccc(Nc6ccc(CC(C)CC(C)(C)C)cc6)cc5)c4O)c3)cc2)cc1. The lowest BCUT2D eigenvalue weighted by Crippen LogP contribution is -2.26. The Morgan fingerprint density at radius 3 is 1.36 bits per heavy atom. The minimum atomic E-state index is -0.368. The molecule has 6 aromatic carbocycles. The molecule has 0 aliphatic carbocycles. The Labute approximate surface area is 461 Å². The van der Waals surface area contributed by atoms with Crippen molar-refractivity contribution in [2.75, 3.05) is 21.3 Å². The quantitative estimate of drug-likeness (QED) is 0.0320. The van der Waals surface area contributed by atoms with Crippen LogP contribution in [-0.4, -0.2) is 10.2 Å². The zero-order valence-electron chi connectivity index (χ0n) is 49.7. The Balaban J connectivity index is 1.10. The predicted molar refractivity (Wildman–Crippen MR) is 330 cm³/mol. The number of nitrogens with one attached hydrogen (secondary N) is 4. The van der Waals surface area contributed by atoms with E-state index in [2.05, 4.69) is 246 Å². The number of phenols is 2. The van der Waals surface area contributed by atoms with Gasteiger partial charge in [-0.3, -0.25) is 0 Å². The zero-order valence-corrected chi connectivity index (χ0v) is 49.7. The van der Waals surface area contributed by atoms with Gasteiger partial charge in [-0.05, 0) is 190 Å². The molecule has 1 atom stereocenters. The third-order valence-electron chi connectivity index (χ3n) is 15.5. The molecule has 6 heteroatoms. The average molecular weight is 1030 g/mol. The van der Waals surface area contributed by atoms with Crippen LogP contribution in [0, 0.1) is 11.3 Å². The molecule has 6 rings (SSSR count). The van der Waals surface area contributed by atoms with Crippen LogP contribution >= 0.6 is 0 Å². The molecule has 6 N–H and O–H groups in total. The molecule has 0 amide bonds. The van der Waals surface area contributed by atoms with Crippen molar-refractivity contribution in [1.82, 2.24) is 0 Å². The third-order valence-corrected chi connectivity index (χ3v) is 15.5. The summed E-state index contributed by atoms with van der Waals surface area (Å²) < 4.78 is 0. The van der Waals surface area contributed by atoms with E-state index in [4.69, 9.17) is 0 Å². The maximum absolute atomic E-state index is 12.2. The third kappa shape index (κ3) is 17.6. The van der Waals surface area contributed by atoms with Gasteiger partial charge in [0.15, 0.2) is 0 Å². The molecule has 0 radical (unpaired) electrons. The average Bonchev–Trinajstić information content (AvgIpc) is 3.35. The van der Waals surface area contributed by atoms with E-state index in [1.54, 1.807) is 0 Å². The fourth-order valence-electron chi connectivity index (χ4n) is 10.7. The molecule has 6 aromatic rings. The lowest BCUT2D eigenvalue weighted by Gasteiger charge is -2.35. The van der Waals surface area contributed by atoms with Crippen molar-refractivity contribution in [3.8, 4) is 11.5 Å². The van der Waals surface area contributed by atoms with Crippen molar-refractivity contribution in [2.45, 2.75) is 209 Å². The molecule has 6 nitrogen and oxygen atoms in total. The zero-order chi connectivity index (χ0) is 55.5. The lowest BCUT2D eigenvalue weighted by molar-refractivity contribution is 0.306. The molecule has 0 saturated heterocycles. The van der Waals surface area contributed by atoms with Gasteiger partial charge in [-0.2, -0.15) is 0 Å². The molecule has 1 unspecified atom stereocenters. The molecule has 0 heterocycles. The molecule has 410 valence electrons. The fourth-order valence-corrected chi connectivity index (χ4v) is 10.7. The summed E-state index contributed by atoms with van der Waals surface area (Å²) in [6, 6.07) is 43.4. The Bertz CT molecular complexity index is 2750. The lowest BCUT2D eigenvalue weighted by atomic mass is 9.70. The van der Waals surface area contributed by atoms with E-state index in [-0.39, 0.29) is 21.7 Å². The van der Waals surface area contributed by atoms with Gasteiger partial charge < -0.3 is 31.5 Å². The molecule has 0 aromatic heterocycles. The van der Waals surface area contributed by atoms with E-state index in [9.17, 15) is 10.2 Å². The van der Waals surface area contributed by atoms with Crippen LogP contribution in [0.2, 0.25) is 0 Å². The first-order valence-electron chi connectivity index (χ1n) is 28.8. The summed E-state index contributed by atoms with van der Waals surface area (Å²) in [7, 11) is 0. The van der Waals surface area contributed by atoms with Gasteiger partial charge in [0.05, 0.1) is 0 Å². The van der Waals surface area contributed by atoms with Gasteiger partial charge in [-0.15, -0.1) is 0 Å². The highest BCUT2D eigenvalue weighted by Gasteiger charge is 2.34. The maximum atomic E-state index is 12.2. The summed E-state index contributed by atoms with van der Waals surface area (Å²) in [6.07, 6.45) is 13.0. The van der Waals surface area contributed by atoms with Crippen LogP contribution in [0.3, 0.4) is 0 Å². The first-order valence-corrected chi connectivity index (χ1v) is 28.8. The van der Waals surface area contributed by atoms with Crippen LogP contribution in [-0.2, 0) is 47.6 Å². The number of hydrogen-bond acceptors (Lipinski definition) is 6. The van der Waals surface area contributed by atoms with Crippen LogP contribution < -0.4 is 21.3 Å². The summed E-state index contributed by atoms with van der Waals surface area (Å²) in [5, 5.41) is 38.7. The summed E-state index contributed by atoms with van der Waals surface area (Å²) in [6.45, 7) is 35.0. The van der Waals surface area contributed by atoms with Crippen molar-refractivity contribution < 1.29 is 10.2 Å². The number of anilines is 6. The normalized spacial score (nSPS) is 12.9. The molecule has 0 bridgehead atoms. The van der Waals surface area contributed by atoms with E-state index >= 15 is 0 Å². The predicted octanol–water partition coefficient (Wildman–Crippen LogP) is 20.0. The van der Waals surface area contributed by atoms with Gasteiger partial charge in [0.1, 0.15) is 11.5 Å². The number of phenolic OH excluding ortho intramolecular Hbond substituents is 2. The Morgan fingerprint density at radius 1 is 0.434 bits per heavy atom. The highest BCUT2D eigenvalue weighted by Crippen LogP contribution is 2.46. The van der Waals surface area contributed by atoms with Crippen molar-refractivity contribution in [1.29, 1.82) is 0 Å². The number of hydrogen-bond donors (Lipinski definition) is 6. The number of aromatic hydroxyl groups is 2. The number of rotatable bonds is 25. The van der Waals surface area contributed by atoms with Crippen LogP contribution in [0.4, 0.5) is 34.1 Å². The van der Waals surface area contributed by atoms with Crippen LogP contribution in [0.1, 0.15) is 206 Å². The summed E-state index contributed by atoms with van der Waals surface area (Å²) in [5.41, 5.74) is 14.4. The van der Waals surface area contributed by atoms with Gasteiger partial charge in [0, 0.05) is 63.9 Å². The monoisotopic (exact) mass is 1030 g/mol. The second-order valence-electron chi connectivity index (χ2n) is 26.9. The highest BCUT2D eigenvalue weighted by atomic mass is 16.3. The molecule has 0 spiro atoms. The molecule has 0 aliphatic rings. The second kappa shape index (κ2) is 25.5. The van der Waals surface area contributed by atoms with Gasteiger partial charge >= 0.3 is 0 Å². The minimum absolute atomic E-state index is 0.120. The van der Waals surface area contributed by atoms with Gasteiger partial charge in [-0.1, -0.05) is 166 Å². The highest BCUT2D eigenvalue weighted by molar-refractivity contribution is 5.64. The Hall–Kier alpha value is -5.88. The molecule has 0 fully saturated rings. The standard InChI is InChI=1S/C70H98N4O2/c1-16-17-18-19-20-21-22-50-23-27-57(28-24-50)73-59-35-31-55(32-36-59)71-47-52-42-61(68(9,10)11)65(76)62(43-52)69(12,13)39-40-70(14,15)63-45-54(67(6,7)8)44-53(64(63)75)48-72-56-33-37-60(38-34-56)74-58-29-25-51(26-30-58)41-49(2)46-66(3,4)5/h23-38,42-45,49,71-76H,16-22,39-41,46-48H2,1-15H3. The van der Waals surface area contributed by atoms with E-state index in [0.29, 0.717) is 35.9 Å². The molecule has 76 heavy (non-hydrogen) atoms. The van der Waals surface area contributed by atoms with Crippen LogP contribution in [0.15, 0.2) is 121 Å². The van der Waals surface area contributed by atoms with Gasteiger partial charge in [-0.25, -0.2) is 0 Å². The number of aryl methyl sites for hydroxylation is 1. The van der Waals surface area contributed by atoms with Gasteiger partial charge in [0.2, 0.25) is 0 Å². The second-order valence-corrected chi connectivity index (χ2v) is 26.9. The Morgan fingerprint density at radius 2 is 0.868 bits per heavy atom. The maximum Gasteiger partial charge on any atom is 0.124 e. The summed E-state index contributed by atoms with van der Waals surface area (Å²) in [5.74, 6) is 1.37. The molecular weight excluding hydrogens is 929 g/mol. The van der Waals surface area contributed by atoms with E-state index in [1.807, 2.05) is 0 Å². The van der Waals surface area contributed by atoms with Gasteiger partial charge in [0.25, 0.3) is 0 Å². The summed E-state index contributed by atoms with van der Waals surface area (Å²) in [4.78, 5) is 0.